The van der Waals surface area contributed by atoms with Crippen LogP contribution in [0.5, 0.6) is 0 Å². The molecule has 0 spiro atoms. The van der Waals surface area contributed by atoms with Crippen LogP contribution in [0.3, 0.4) is 0 Å². The van der Waals surface area contributed by atoms with Crippen LogP contribution in [0, 0.1) is 0 Å². The van der Waals surface area contributed by atoms with Gasteiger partial charge in [-0.25, -0.2) is 13.2 Å². The highest BCUT2D eigenvalue weighted by atomic mass is 32.2. The second-order valence-electron chi connectivity index (χ2n) is 8.45. The van der Waals surface area contributed by atoms with E-state index in [0.717, 1.165) is 22.9 Å². The number of alkyl halides is 3. The Hall–Kier alpha value is -4.92. The monoisotopic (exact) mass is 593 g/mol. The zero-order chi connectivity index (χ0) is 30.8. The molecule has 41 heavy (non-hydrogen) atoms. The third-order valence-electron chi connectivity index (χ3n) is 5.19. The minimum Gasteiger partial charge on any atom is -0.475 e. The van der Waals surface area contributed by atoms with Crippen LogP contribution in [0.1, 0.15) is 21.5 Å². The van der Waals surface area contributed by atoms with Crippen molar-refractivity contribution >= 4 is 39.7 Å². The SMILES string of the molecule is CS(=O)(=O)NC(=O)[C@H](Cc1cccc(C=NN)c1)Nc1ccc(-c2ccccc2C(N)=O)cc1.O=C(O)C(F)(F)F. The standard InChI is InChI=1S/C24H25N5O4S.C2HF3O2/c1-34(32,33)29-24(31)22(14-16-5-4-6-17(13-16)15-27-26)28-19-11-9-18(10-12-19)20-7-2-3-8-21(20)23(25)30;3-2(4,5)1(6)7/h2-13,15,22,28H,14,26H2,1H3,(H2,25,30)(H,29,31);(H,6,7)/t22-;/m0./s1. The number of halogens is 3. The van der Waals surface area contributed by atoms with Gasteiger partial charge >= 0.3 is 12.1 Å². The number of benzene rings is 3. The molecule has 7 N–H and O–H groups in total. The summed E-state index contributed by atoms with van der Waals surface area (Å²) >= 11 is 0. The molecule has 2 amide bonds. The molecule has 3 aromatic rings. The number of primary amides is 1. The number of sulfonamides is 1. The largest absolute Gasteiger partial charge is 0.490 e. The second kappa shape index (κ2) is 13.9. The van der Waals surface area contributed by atoms with Crippen LogP contribution in [0.4, 0.5) is 18.9 Å². The fraction of sp³-hybridized carbons (Fsp3) is 0.154. The maximum Gasteiger partial charge on any atom is 0.490 e. The maximum absolute atomic E-state index is 12.7. The van der Waals surface area contributed by atoms with Crippen molar-refractivity contribution in [2.75, 3.05) is 11.6 Å². The third-order valence-corrected chi connectivity index (χ3v) is 5.76. The summed E-state index contributed by atoms with van der Waals surface area (Å²) in [5.41, 5.74) is 9.45. The first-order valence-corrected chi connectivity index (χ1v) is 13.4. The quantitative estimate of drug-likeness (QED) is 0.142. The Morgan fingerprint density at radius 2 is 1.63 bits per heavy atom. The molecule has 1 atom stereocenters. The van der Waals surface area contributed by atoms with Crippen molar-refractivity contribution in [3.05, 3.63) is 89.5 Å². The molecule has 15 heteroatoms. The van der Waals surface area contributed by atoms with E-state index in [1.165, 1.54) is 6.21 Å². The molecule has 0 bridgehead atoms. The Labute approximate surface area is 233 Å². The number of carbonyl (C=O) groups excluding carboxylic acids is 2. The van der Waals surface area contributed by atoms with Crippen molar-refractivity contribution in [3.8, 4) is 11.1 Å². The Morgan fingerprint density at radius 1 is 1.02 bits per heavy atom. The average Bonchev–Trinajstić information content (AvgIpc) is 2.88. The van der Waals surface area contributed by atoms with Crippen molar-refractivity contribution in [1.29, 1.82) is 0 Å². The molecule has 3 rings (SSSR count). The highest BCUT2D eigenvalue weighted by molar-refractivity contribution is 7.89. The van der Waals surface area contributed by atoms with Crippen LogP contribution < -0.4 is 21.6 Å². The molecule has 0 aliphatic carbocycles. The zero-order valence-corrected chi connectivity index (χ0v) is 22.2. The molecular formula is C26H26F3N5O6S. The summed E-state index contributed by atoms with van der Waals surface area (Å²) in [5.74, 6) is 1.23. The summed E-state index contributed by atoms with van der Waals surface area (Å²) < 4.78 is 57.1. The van der Waals surface area contributed by atoms with Gasteiger partial charge in [-0.1, -0.05) is 54.6 Å². The first kappa shape index (κ1) is 32.3. The van der Waals surface area contributed by atoms with Gasteiger partial charge in [0.05, 0.1) is 12.5 Å². The van der Waals surface area contributed by atoms with Gasteiger partial charge in [0, 0.05) is 17.7 Å². The number of nitrogens with two attached hydrogens (primary N) is 2. The summed E-state index contributed by atoms with van der Waals surface area (Å²) in [6, 6.07) is 20.4. The van der Waals surface area contributed by atoms with E-state index < -0.39 is 40.0 Å². The van der Waals surface area contributed by atoms with Crippen LogP contribution >= 0.6 is 0 Å². The molecule has 0 aromatic heterocycles. The number of carboxylic acid groups (broad SMARTS) is 1. The number of nitrogens with zero attached hydrogens (tertiary/aromatic N) is 1. The van der Waals surface area contributed by atoms with Crippen molar-refractivity contribution in [2.24, 2.45) is 16.7 Å². The van der Waals surface area contributed by atoms with E-state index in [1.54, 1.807) is 48.5 Å². The van der Waals surface area contributed by atoms with Gasteiger partial charge in [0.15, 0.2) is 0 Å². The van der Waals surface area contributed by atoms with Crippen molar-refractivity contribution in [2.45, 2.75) is 18.6 Å². The van der Waals surface area contributed by atoms with E-state index in [0.29, 0.717) is 16.8 Å². The van der Waals surface area contributed by atoms with Gasteiger partial charge in [-0.2, -0.15) is 18.3 Å². The normalized spacial score (nSPS) is 12.1. The van der Waals surface area contributed by atoms with E-state index in [2.05, 4.69) is 10.4 Å². The summed E-state index contributed by atoms with van der Waals surface area (Å²) in [4.78, 5) is 33.4. The van der Waals surface area contributed by atoms with Gasteiger partial charge in [0.1, 0.15) is 6.04 Å². The Bertz CT molecular complexity index is 1530. The number of carboxylic acids is 1. The molecule has 0 heterocycles. The topological polar surface area (TPSA) is 194 Å². The Morgan fingerprint density at radius 3 is 2.17 bits per heavy atom. The van der Waals surface area contributed by atoms with Gasteiger partial charge in [0.25, 0.3) is 5.91 Å². The van der Waals surface area contributed by atoms with Crippen LogP contribution in [0.15, 0.2) is 77.9 Å². The number of anilines is 1. The van der Waals surface area contributed by atoms with Gasteiger partial charge in [-0.05, 0) is 40.5 Å². The molecule has 0 aliphatic heterocycles. The fourth-order valence-electron chi connectivity index (χ4n) is 3.48. The minimum atomic E-state index is -5.08. The molecule has 0 unspecified atom stereocenters. The van der Waals surface area contributed by atoms with Gasteiger partial charge in [-0.3, -0.25) is 14.3 Å². The van der Waals surface area contributed by atoms with Gasteiger partial charge in [0.2, 0.25) is 15.9 Å². The number of amides is 2. The van der Waals surface area contributed by atoms with Gasteiger partial charge in [-0.15, -0.1) is 0 Å². The summed E-state index contributed by atoms with van der Waals surface area (Å²) in [5, 5.41) is 13.7. The molecule has 11 nitrogen and oxygen atoms in total. The number of hydrazone groups is 1. The molecule has 0 aliphatic rings. The van der Waals surface area contributed by atoms with Crippen LogP contribution in [0.2, 0.25) is 0 Å². The zero-order valence-electron chi connectivity index (χ0n) is 21.4. The molecule has 0 fully saturated rings. The van der Waals surface area contributed by atoms with Crippen molar-refractivity contribution in [1.82, 2.24) is 4.72 Å². The second-order valence-corrected chi connectivity index (χ2v) is 10.2. The number of hydrogen-bond donors (Lipinski definition) is 5. The molecule has 0 saturated carbocycles. The number of aliphatic carboxylic acids is 1. The Kier molecular flexibility index (Phi) is 11.0. The minimum absolute atomic E-state index is 0.208. The lowest BCUT2D eigenvalue weighted by Crippen LogP contribution is -2.43. The highest BCUT2D eigenvalue weighted by Crippen LogP contribution is 2.25. The van der Waals surface area contributed by atoms with E-state index >= 15 is 0 Å². The first-order valence-electron chi connectivity index (χ1n) is 11.5. The fourth-order valence-corrected chi connectivity index (χ4v) is 3.99. The third kappa shape index (κ3) is 10.6. The van der Waals surface area contributed by atoms with Gasteiger partial charge < -0.3 is 22.0 Å². The van der Waals surface area contributed by atoms with Crippen molar-refractivity contribution in [3.63, 3.8) is 0 Å². The highest BCUT2D eigenvalue weighted by Gasteiger charge is 2.38. The molecule has 3 aromatic carbocycles. The lowest BCUT2D eigenvalue weighted by molar-refractivity contribution is -0.192. The molecular weight excluding hydrogens is 567 g/mol. The van der Waals surface area contributed by atoms with E-state index in [-0.39, 0.29) is 6.42 Å². The maximum atomic E-state index is 12.7. The summed E-state index contributed by atoms with van der Waals surface area (Å²) in [6.45, 7) is 0. The van der Waals surface area contributed by atoms with E-state index in [9.17, 15) is 31.2 Å². The number of nitrogens with one attached hydrogen (secondary N) is 2. The van der Waals surface area contributed by atoms with E-state index in [4.69, 9.17) is 21.5 Å². The van der Waals surface area contributed by atoms with Crippen LogP contribution in [0.25, 0.3) is 11.1 Å². The molecule has 218 valence electrons. The smallest absolute Gasteiger partial charge is 0.475 e. The van der Waals surface area contributed by atoms with E-state index in [1.807, 2.05) is 29.0 Å². The van der Waals surface area contributed by atoms with Crippen LogP contribution in [-0.4, -0.2) is 56.0 Å². The molecule has 0 radical (unpaired) electrons. The number of rotatable bonds is 9. The molecule has 0 saturated heterocycles. The predicted octanol–water partition coefficient (Wildman–Crippen LogP) is 2.48. The summed E-state index contributed by atoms with van der Waals surface area (Å²) in [6.07, 6.45) is -2.48. The lowest BCUT2D eigenvalue weighted by atomic mass is 9.99. The Balaban J connectivity index is 0.000000745. The predicted molar refractivity (Wildman–Crippen MR) is 146 cm³/mol. The lowest BCUT2D eigenvalue weighted by Gasteiger charge is -2.20. The number of carbonyl (C=O) groups is 3. The van der Waals surface area contributed by atoms with Crippen LogP contribution in [-0.2, 0) is 26.0 Å². The first-order chi connectivity index (χ1) is 19.1. The number of hydrogen-bond acceptors (Lipinski definition) is 8. The summed E-state index contributed by atoms with van der Waals surface area (Å²) in [7, 11) is -3.75. The average molecular weight is 594 g/mol. The van der Waals surface area contributed by atoms with Crippen molar-refractivity contribution < 1.29 is 41.1 Å².